The molecule has 8 heteroatoms. The monoisotopic (exact) mass is 402 g/mol. The number of ether oxygens (including phenoxy) is 1. The molecule has 0 spiro atoms. The second-order valence-corrected chi connectivity index (χ2v) is 7.67. The zero-order valence-electron chi connectivity index (χ0n) is 17.1. The molecule has 0 bridgehead atoms. The van der Waals surface area contributed by atoms with Crippen molar-refractivity contribution in [1.82, 2.24) is 15.5 Å². The number of hydrogen-bond donors (Lipinski definition) is 2. The van der Waals surface area contributed by atoms with Crippen LogP contribution < -0.4 is 20.3 Å². The molecule has 2 atom stereocenters. The third-order valence-corrected chi connectivity index (χ3v) is 5.38. The van der Waals surface area contributed by atoms with Crippen molar-refractivity contribution in [3.63, 3.8) is 0 Å². The first-order chi connectivity index (χ1) is 14.0. The number of anilines is 1. The number of rotatable bonds is 5. The SMILES string of the molecule is CC[C@@H](C)NC(=O)NC(=O)CN1C[C@H](C(=O)N2CCCCC2)Oc2ccccc21. The van der Waals surface area contributed by atoms with Crippen molar-refractivity contribution in [2.24, 2.45) is 0 Å². The summed E-state index contributed by atoms with van der Waals surface area (Å²) in [6, 6.07) is 6.82. The quantitative estimate of drug-likeness (QED) is 0.785. The second-order valence-electron chi connectivity index (χ2n) is 7.67. The van der Waals surface area contributed by atoms with Gasteiger partial charge in [0.05, 0.1) is 18.8 Å². The average molecular weight is 402 g/mol. The van der Waals surface area contributed by atoms with Gasteiger partial charge >= 0.3 is 6.03 Å². The van der Waals surface area contributed by atoms with E-state index in [-0.39, 0.29) is 25.0 Å². The standard InChI is InChI=1S/C21H30N4O4/c1-3-15(2)22-21(28)23-19(26)14-25-13-18(20(27)24-11-7-4-8-12-24)29-17-10-6-5-9-16(17)25/h5-6,9-10,15,18H,3-4,7-8,11-14H2,1-2H3,(H2,22,23,26,28)/t15-,18-/m1/s1. The smallest absolute Gasteiger partial charge is 0.321 e. The van der Waals surface area contributed by atoms with Crippen molar-refractivity contribution >= 4 is 23.5 Å². The lowest BCUT2D eigenvalue weighted by Gasteiger charge is -2.38. The Balaban J connectivity index is 1.67. The van der Waals surface area contributed by atoms with Gasteiger partial charge in [0, 0.05) is 19.1 Å². The minimum absolute atomic E-state index is 0.0153. The van der Waals surface area contributed by atoms with Crippen LogP contribution in [0.1, 0.15) is 39.5 Å². The number of piperidine rings is 1. The molecule has 0 aromatic heterocycles. The second kappa shape index (κ2) is 9.62. The van der Waals surface area contributed by atoms with Gasteiger partial charge in [-0.05, 0) is 44.7 Å². The molecule has 2 N–H and O–H groups in total. The van der Waals surface area contributed by atoms with Crippen LogP contribution in [0.4, 0.5) is 10.5 Å². The predicted octanol–water partition coefficient (Wildman–Crippen LogP) is 1.89. The number of hydrogen-bond acceptors (Lipinski definition) is 5. The molecule has 1 aromatic carbocycles. The lowest BCUT2D eigenvalue weighted by molar-refractivity contribution is -0.139. The van der Waals surface area contributed by atoms with Gasteiger partial charge in [0.2, 0.25) is 5.91 Å². The zero-order chi connectivity index (χ0) is 20.8. The van der Waals surface area contributed by atoms with Gasteiger partial charge in [0.1, 0.15) is 5.75 Å². The first-order valence-electron chi connectivity index (χ1n) is 10.4. The number of amides is 4. The molecular formula is C21H30N4O4. The van der Waals surface area contributed by atoms with E-state index in [9.17, 15) is 14.4 Å². The summed E-state index contributed by atoms with van der Waals surface area (Å²) in [5.41, 5.74) is 0.743. The lowest BCUT2D eigenvalue weighted by Crippen LogP contribution is -2.54. The Labute approximate surface area is 171 Å². The highest BCUT2D eigenvalue weighted by Crippen LogP contribution is 2.33. The summed E-state index contributed by atoms with van der Waals surface area (Å²) < 4.78 is 5.96. The molecular weight excluding hydrogens is 372 g/mol. The summed E-state index contributed by atoms with van der Waals surface area (Å²) >= 11 is 0. The topological polar surface area (TPSA) is 91.0 Å². The average Bonchev–Trinajstić information content (AvgIpc) is 2.73. The normalized spacial score (nSPS) is 19.6. The fourth-order valence-electron chi connectivity index (χ4n) is 3.60. The van der Waals surface area contributed by atoms with Crippen LogP contribution in [0.2, 0.25) is 0 Å². The Hall–Kier alpha value is -2.77. The fourth-order valence-corrected chi connectivity index (χ4v) is 3.60. The molecule has 3 rings (SSSR count). The van der Waals surface area contributed by atoms with Crippen LogP contribution in [0.3, 0.4) is 0 Å². The number of fused-ring (bicyclic) bond motifs is 1. The summed E-state index contributed by atoms with van der Waals surface area (Å²) in [4.78, 5) is 41.0. The van der Waals surface area contributed by atoms with Crippen LogP contribution in [-0.4, -0.2) is 61.1 Å². The number of likely N-dealkylation sites (tertiary alicyclic amines) is 1. The van der Waals surface area contributed by atoms with E-state index in [1.54, 1.807) is 11.0 Å². The number of nitrogens with one attached hydrogen (secondary N) is 2. The molecule has 158 valence electrons. The van der Waals surface area contributed by atoms with Crippen molar-refractivity contribution in [3.05, 3.63) is 24.3 Å². The first-order valence-corrected chi connectivity index (χ1v) is 10.4. The van der Waals surface area contributed by atoms with Crippen LogP contribution >= 0.6 is 0 Å². The van der Waals surface area contributed by atoms with E-state index in [4.69, 9.17) is 4.74 Å². The highest BCUT2D eigenvalue weighted by Gasteiger charge is 2.34. The maximum absolute atomic E-state index is 12.9. The highest BCUT2D eigenvalue weighted by molar-refractivity contribution is 5.97. The third-order valence-electron chi connectivity index (χ3n) is 5.38. The number of para-hydroxylation sites is 2. The van der Waals surface area contributed by atoms with E-state index in [0.29, 0.717) is 5.75 Å². The van der Waals surface area contributed by atoms with Gasteiger partial charge in [-0.3, -0.25) is 14.9 Å². The molecule has 8 nitrogen and oxygen atoms in total. The van der Waals surface area contributed by atoms with Crippen molar-refractivity contribution in [3.8, 4) is 5.75 Å². The van der Waals surface area contributed by atoms with Gasteiger partial charge < -0.3 is 19.9 Å². The van der Waals surface area contributed by atoms with Crippen LogP contribution in [0.25, 0.3) is 0 Å². The fraction of sp³-hybridized carbons (Fsp3) is 0.571. The molecule has 1 fully saturated rings. The number of nitrogens with zero attached hydrogens (tertiary/aromatic N) is 2. The molecule has 2 aliphatic rings. The Bertz CT molecular complexity index is 748. The molecule has 0 aliphatic carbocycles. The lowest BCUT2D eigenvalue weighted by atomic mass is 10.1. The van der Waals surface area contributed by atoms with Gasteiger partial charge in [-0.1, -0.05) is 19.1 Å². The summed E-state index contributed by atoms with van der Waals surface area (Å²) in [6.45, 7) is 5.56. The molecule has 1 saturated heterocycles. The number of benzene rings is 1. The summed E-state index contributed by atoms with van der Waals surface area (Å²) in [7, 11) is 0. The summed E-state index contributed by atoms with van der Waals surface area (Å²) in [5, 5.41) is 5.08. The van der Waals surface area contributed by atoms with Crippen LogP contribution in [0.15, 0.2) is 24.3 Å². The Kier molecular flexibility index (Phi) is 6.95. The number of carbonyl (C=O) groups excluding carboxylic acids is 3. The Morgan fingerprint density at radius 3 is 2.62 bits per heavy atom. The predicted molar refractivity (Wildman–Crippen MR) is 110 cm³/mol. The van der Waals surface area contributed by atoms with Crippen LogP contribution in [0, 0.1) is 0 Å². The van der Waals surface area contributed by atoms with Gasteiger partial charge in [-0.2, -0.15) is 0 Å². The molecule has 0 unspecified atom stereocenters. The van der Waals surface area contributed by atoms with E-state index in [1.165, 1.54) is 0 Å². The van der Waals surface area contributed by atoms with Crippen LogP contribution in [0.5, 0.6) is 5.75 Å². The highest BCUT2D eigenvalue weighted by atomic mass is 16.5. The molecule has 0 radical (unpaired) electrons. The molecule has 2 aliphatic heterocycles. The minimum atomic E-state index is -0.662. The van der Waals surface area contributed by atoms with Gasteiger partial charge in [0.15, 0.2) is 6.10 Å². The van der Waals surface area contributed by atoms with E-state index in [0.717, 1.165) is 44.5 Å². The molecule has 1 aromatic rings. The molecule has 2 heterocycles. The maximum Gasteiger partial charge on any atom is 0.321 e. The minimum Gasteiger partial charge on any atom is -0.477 e. The third kappa shape index (κ3) is 5.40. The van der Waals surface area contributed by atoms with E-state index < -0.39 is 18.0 Å². The summed E-state index contributed by atoms with van der Waals surface area (Å²) in [6.07, 6.45) is 3.27. The largest absolute Gasteiger partial charge is 0.477 e. The molecule has 0 saturated carbocycles. The Morgan fingerprint density at radius 2 is 1.90 bits per heavy atom. The van der Waals surface area contributed by atoms with Gasteiger partial charge in [-0.15, -0.1) is 0 Å². The van der Waals surface area contributed by atoms with Crippen molar-refractivity contribution in [1.29, 1.82) is 0 Å². The molecule has 4 amide bonds. The van der Waals surface area contributed by atoms with Gasteiger partial charge in [-0.25, -0.2) is 4.79 Å². The first kappa shape index (κ1) is 21.0. The maximum atomic E-state index is 12.9. The van der Waals surface area contributed by atoms with Gasteiger partial charge in [0.25, 0.3) is 5.91 Å². The van der Waals surface area contributed by atoms with Crippen molar-refractivity contribution in [2.45, 2.75) is 51.7 Å². The van der Waals surface area contributed by atoms with Crippen molar-refractivity contribution in [2.75, 3.05) is 31.1 Å². The molecule has 29 heavy (non-hydrogen) atoms. The number of urea groups is 1. The van der Waals surface area contributed by atoms with Crippen LogP contribution in [-0.2, 0) is 9.59 Å². The number of carbonyl (C=O) groups is 3. The van der Waals surface area contributed by atoms with E-state index in [2.05, 4.69) is 10.6 Å². The van der Waals surface area contributed by atoms with Crippen molar-refractivity contribution < 1.29 is 19.1 Å². The summed E-state index contributed by atoms with van der Waals surface area (Å²) in [5.74, 6) is 0.108. The van der Waals surface area contributed by atoms with E-state index in [1.807, 2.05) is 36.9 Å². The number of imide groups is 1. The van der Waals surface area contributed by atoms with E-state index >= 15 is 0 Å². The Morgan fingerprint density at radius 1 is 1.17 bits per heavy atom. The zero-order valence-corrected chi connectivity index (χ0v) is 17.1.